The molecule has 0 spiro atoms. The van der Waals surface area contributed by atoms with Crippen LogP contribution in [0.4, 0.5) is 11.4 Å². The van der Waals surface area contributed by atoms with Gasteiger partial charge in [0.25, 0.3) is 11.8 Å². The summed E-state index contributed by atoms with van der Waals surface area (Å²) in [5.74, 6) is 0.960. The Kier molecular flexibility index (Phi) is 9.62. The molecule has 3 amide bonds. The van der Waals surface area contributed by atoms with Crippen LogP contribution in [-0.4, -0.2) is 81.0 Å². The second-order valence-electron chi connectivity index (χ2n) is 9.56. The predicted molar refractivity (Wildman–Crippen MR) is 155 cm³/mol. The molecule has 210 valence electrons. The Morgan fingerprint density at radius 2 is 1.32 bits per heavy atom. The molecule has 0 atom stereocenters. The summed E-state index contributed by atoms with van der Waals surface area (Å²) in [6.45, 7) is 5.09. The van der Waals surface area contributed by atoms with Crippen LogP contribution >= 0.6 is 0 Å². The first-order chi connectivity index (χ1) is 19.4. The minimum absolute atomic E-state index is 0.0166. The highest BCUT2D eigenvalue weighted by Crippen LogP contribution is 2.21. The van der Waals surface area contributed by atoms with Gasteiger partial charge in [0.1, 0.15) is 18.0 Å². The van der Waals surface area contributed by atoms with Crippen molar-refractivity contribution in [2.75, 3.05) is 63.7 Å². The van der Waals surface area contributed by atoms with E-state index in [1.165, 1.54) is 0 Å². The second kappa shape index (κ2) is 13.5. The molecule has 3 aromatic carbocycles. The Balaban J connectivity index is 1.29. The van der Waals surface area contributed by atoms with Crippen molar-refractivity contribution in [1.29, 1.82) is 0 Å². The van der Waals surface area contributed by atoms with Gasteiger partial charge in [-0.1, -0.05) is 6.92 Å². The zero-order valence-electron chi connectivity index (χ0n) is 23.3. The smallest absolute Gasteiger partial charge is 0.254 e. The van der Waals surface area contributed by atoms with Gasteiger partial charge in [0.15, 0.2) is 0 Å². The summed E-state index contributed by atoms with van der Waals surface area (Å²) in [5, 5.41) is 2.90. The summed E-state index contributed by atoms with van der Waals surface area (Å²) in [4.78, 5) is 44.3. The SMILES string of the molecule is CCCN(CC(=O)Nc1ccc(N2CCN(C(=O)c3ccc(OC)cc3)CC2)cc1)C(=O)c1ccc(OC)cc1. The van der Waals surface area contributed by atoms with Crippen LogP contribution in [0.1, 0.15) is 34.1 Å². The van der Waals surface area contributed by atoms with Crippen LogP contribution in [-0.2, 0) is 4.79 Å². The Morgan fingerprint density at radius 1 is 0.775 bits per heavy atom. The molecular weight excluding hydrogens is 508 g/mol. The number of piperazine rings is 1. The Hall–Kier alpha value is -4.53. The minimum Gasteiger partial charge on any atom is -0.497 e. The van der Waals surface area contributed by atoms with Crippen LogP contribution in [0.25, 0.3) is 0 Å². The van der Waals surface area contributed by atoms with Crippen molar-refractivity contribution in [1.82, 2.24) is 9.80 Å². The summed E-state index contributed by atoms with van der Waals surface area (Å²) >= 11 is 0. The zero-order chi connectivity index (χ0) is 28.5. The third-order valence-electron chi connectivity index (χ3n) is 6.87. The standard InChI is InChI=1S/C31H36N4O5/c1-4-17-35(31(38)24-7-15-28(40-3)16-8-24)22-29(36)32-25-9-11-26(12-10-25)33-18-20-34(21-19-33)30(37)23-5-13-27(39-2)14-6-23/h5-16H,4,17-22H2,1-3H3,(H,32,36). The largest absolute Gasteiger partial charge is 0.497 e. The lowest BCUT2D eigenvalue weighted by Crippen LogP contribution is -2.48. The third-order valence-corrected chi connectivity index (χ3v) is 6.87. The lowest BCUT2D eigenvalue weighted by molar-refractivity contribution is -0.116. The number of methoxy groups -OCH3 is 2. The first kappa shape index (κ1) is 28.5. The third kappa shape index (κ3) is 7.11. The molecule has 9 nitrogen and oxygen atoms in total. The number of nitrogens with zero attached hydrogens (tertiary/aromatic N) is 3. The van der Waals surface area contributed by atoms with Crippen LogP contribution < -0.4 is 19.7 Å². The minimum atomic E-state index is -0.256. The first-order valence-corrected chi connectivity index (χ1v) is 13.4. The van der Waals surface area contributed by atoms with Crippen molar-refractivity contribution < 1.29 is 23.9 Å². The summed E-state index contributed by atoms with van der Waals surface area (Å²) in [7, 11) is 3.18. The first-order valence-electron chi connectivity index (χ1n) is 13.4. The van der Waals surface area contributed by atoms with Gasteiger partial charge in [-0.2, -0.15) is 0 Å². The van der Waals surface area contributed by atoms with Crippen LogP contribution in [0, 0.1) is 0 Å². The zero-order valence-corrected chi connectivity index (χ0v) is 23.3. The van der Waals surface area contributed by atoms with Gasteiger partial charge >= 0.3 is 0 Å². The van der Waals surface area contributed by atoms with Gasteiger partial charge in [-0.15, -0.1) is 0 Å². The van der Waals surface area contributed by atoms with Gasteiger partial charge in [0.2, 0.25) is 5.91 Å². The molecule has 40 heavy (non-hydrogen) atoms. The Labute approximate surface area is 235 Å². The van der Waals surface area contributed by atoms with E-state index >= 15 is 0 Å². The number of rotatable bonds is 10. The summed E-state index contributed by atoms with van der Waals surface area (Å²) in [6.07, 6.45) is 0.739. The Bertz CT molecular complexity index is 1280. The van der Waals surface area contributed by atoms with E-state index < -0.39 is 0 Å². The van der Waals surface area contributed by atoms with E-state index in [1.807, 2.05) is 36.1 Å². The number of hydrogen-bond donors (Lipinski definition) is 1. The normalized spacial score (nSPS) is 13.0. The topological polar surface area (TPSA) is 91.4 Å². The monoisotopic (exact) mass is 544 g/mol. The van der Waals surface area contributed by atoms with Crippen molar-refractivity contribution in [3.05, 3.63) is 83.9 Å². The fourth-order valence-corrected chi connectivity index (χ4v) is 4.65. The predicted octanol–water partition coefficient (Wildman–Crippen LogP) is 4.16. The molecule has 0 saturated carbocycles. The van der Waals surface area contributed by atoms with Crippen molar-refractivity contribution in [3.63, 3.8) is 0 Å². The number of carbonyl (C=O) groups excluding carboxylic acids is 3. The molecule has 0 aliphatic carbocycles. The van der Waals surface area contributed by atoms with Gasteiger partial charge in [0, 0.05) is 55.2 Å². The molecule has 1 fully saturated rings. The molecule has 3 aromatic rings. The number of ether oxygens (including phenoxy) is 2. The molecule has 1 N–H and O–H groups in total. The van der Waals surface area contributed by atoms with E-state index in [0.717, 1.165) is 17.9 Å². The van der Waals surface area contributed by atoms with Gasteiger partial charge in [-0.25, -0.2) is 0 Å². The lowest BCUT2D eigenvalue weighted by Gasteiger charge is -2.36. The lowest BCUT2D eigenvalue weighted by atomic mass is 10.1. The van der Waals surface area contributed by atoms with Gasteiger partial charge in [-0.3, -0.25) is 14.4 Å². The molecule has 0 aromatic heterocycles. The van der Waals surface area contributed by atoms with Crippen LogP contribution in [0.5, 0.6) is 11.5 Å². The molecule has 9 heteroatoms. The molecule has 1 aliphatic rings. The summed E-state index contributed by atoms with van der Waals surface area (Å²) in [6, 6.07) is 21.7. The maximum atomic E-state index is 13.0. The highest BCUT2D eigenvalue weighted by Gasteiger charge is 2.23. The average Bonchev–Trinajstić information content (AvgIpc) is 3.00. The van der Waals surface area contributed by atoms with Crippen molar-refractivity contribution in [3.8, 4) is 11.5 Å². The van der Waals surface area contributed by atoms with E-state index in [4.69, 9.17) is 9.47 Å². The maximum Gasteiger partial charge on any atom is 0.254 e. The number of hydrogen-bond acceptors (Lipinski definition) is 6. The summed E-state index contributed by atoms with van der Waals surface area (Å²) in [5.41, 5.74) is 2.85. The van der Waals surface area contributed by atoms with Crippen molar-refractivity contribution >= 4 is 29.1 Å². The maximum absolute atomic E-state index is 13.0. The van der Waals surface area contributed by atoms with E-state index in [9.17, 15) is 14.4 Å². The average molecular weight is 545 g/mol. The highest BCUT2D eigenvalue weighted by atomic mass is 16.5. The van der Waals surface area contributed by atoms with Crippen LogP contribution in [0.3, 0.4) is 0 Å². The highest BCUT2D eigenvalue weighted by molar-refractivity contribution is 5.99. The number of benzene rings is 3. The van der Waals surface area contributed by atoms with E-state index in [-0.39, 0.29) is 24.3 Å². The molecule has 0 bridgehead atoms. The van der Waals surface area contributed by atoms with Crippen LogP contribution in [0.2, 0.25) is 0 Å². The number of nitrogens with one attached hydrogen (secondary N) is 1. The molecule has 0 radical (unpaired) electrons. The van der Waals surface area contributed by atoms with E-state index in [1.54, 1.807) is 67.7 Å². The molecule has 1 heterocycles. The number of anilines is 2. The fraction of sp³-hybridized carbons (Fsp3) is 0.323. The Morgan fingerprint density at radius 3 is 1.85 bits per heavy atom. The van der Waals surface area contributed by atoms with Gasteiger partial charge in [-0.05, 0) is 79.2 Å². The van der Waals surface area contributed by atoms with Gasteiger partial charge in [0.05, 0.1) is 14.2 Å². The van der Waals surface area contributed by atoms with Crippen molar-refractivity contribution in [2.24, 2.45) is 0 Å². The quantitative estimate of drug-likeness (QED) is 0.412. The molecule has 1 saturated heterocycles. The van der Waals surface area contributed by atoms with Crippen molar-refractivity contribution in [2.45, 2.75) is 13.3 Å². The van der Waals surface area contributed by atoms with Crippen LogP contribution in [0.15, 0.2) is 72.8 Å². The van der Waals surface area contributed by atoms with E-state index in [2.05, 4.69) is 10.2 Å². The van der Waals surface area contributed by atoms with Gasteiger partial charge < -0.3 is 29.5 Å². The fourth-order valence-electron chi connectivity index (χ4n) is 4.65. The molecule has 4 rings (SSSR count). The second-order valence-corrected chi connectivity index (χ2v) is 9.56. The summed E-state index contributed by atoms with van der Waals surface area (Å²) < 4.78 is 10.3. The number of amides is 3. The van der Waals surface area contributed by atoms with E-state index in [0.29, 0.717) is 55.3 Å². The molecular formula is C31H36N4O5. The number of carbonyl (C=O) groups is 3. The molecule has 1 aliphatic heterocycles. The molecule has 0 unspecified atom stereocenters.